The molecule has 0 radical (unpaired) electrons. The largest absolute Gasteiger partial charge is 0.348 e. The number of hydrogen-bond acceptors (Lipinski definition) is 5. The fraction of sp³-hybridized carbons (Fsp3) is 0.273. The number of aldehydes is 1. The Morgan fingerprint density at radius 3 is 2.94 bits per heavy atom. The van der Waals surface area contributed by atoms with Crippen molar-refractivity contribution in [3.8, 4) is 0 Å². The molecule has 0 aliphatic carbocycles. The number of hydrazone groups is 1. The van der Waals surface area contributed by atoms with Gasteiger partial charge in [0.25, 0.3) is 0 Å². The van der Waals surface area contributed by atoms with Crippen LogP contribution in [-0.2, 0) is 10.5 Å². The van der Waals surface area contributed by atoms with Gasteiger partial charge >= 0.3 is 0 Å². The van der Waals surface area contributed by atoms with Gasteiger partial charge in [-0.05, 0) is 17.7 Å². The first-order chi connectivity index (χ1) is 8.29. The van der Waals surface area contributed by atoms with E-state index in [0.717, 1.165) is 16.5 Å². The van der Waals surface area contributed by atoms with Gasteiger partial charge in [-0.25, -0.2) is 0 Å². The van der Waals surface area contributed by atoms with Crippen molar-refractivity contribution in [3.63, 3.8) is 0 Å². The van der Waals surface area contributed by atoms with Gasteiger partial charge in [0.15, 0.2) is 12.5 Å². The zero-order chi connectivity index (χ0) is 12.1. The summed E-state index contributed by atoms with van der Waals surface area (Å²) >= 11 is 5.13. The monoisotopic (exact) mass is 313 g/mol. The third-order valence-corrected chi connectivity index (χ3v) is 3.82. The van der Waals surface area contributed by atoms with E-state index >= 15 is 0 Å². The highest BCUT2D eigenvalue weighted by molar-refractivity contribution is 9.10. The molecule has 0 aromatic heterocycles. The number of benzene rings is 1. The molecule has 4 nitrogen and oxygen atoms in total. The molecule has 1 N–H and O–H groups in total. The molecule has 1 aliphatic heterocycles. The second-order valence-corrected chi connectivity index (χ2v) is 5.41. The summed E-state index contributed by atoms with van der Waals surface area (Å²) < 4.78 is 1.08. The summed E-state index contributed by atoms with van der Waals surface area (Å²) in [6, 6.07) is 8.22. The Labute approximate surface area is 113 Å². The van der Waals surface area contributed by atoms with Crippen molar-refractivity contribution in [1.29, 1.82) is 0 Å². The van der Waals surface area contributed by atoms with Crippen LogP contribution in [0.2, 0.25) is 0 Å². The topological polar surface area (TPSA) is 44.7 Å². The van der Waals surface area contributed by atoms with Crippen LogP contribution < -0.4 is 5.32 Å². The molecule has 0 saturated heterocycles. The van der Waals surface area contributed by atoms with E-state index in [1.807, 2.05) is 12.1 Å². The first-order valence-electron chi connectivity index (χ1n) is 5.12. The summed E-state index contributed by atoms with van der Waals surface area (Å²) in [6.07, 6.45) is 2.10. The Morgan fingerprint density at radius 2 is 2.24 bits per heavy atom. The van der Waals surface area contributed by atoms with Crippen LogP contribution in [0.3, 0.4) is 0 Å². The SMILES string of the molecule is O=CC1NC=NN1CSCc1ccc(Br)cc1. The maximum absolute atomic E-state index is 10.7. The number of thioether (sulfide) groups is 1. The maximum Gasteiger partial charge on any atom is 0.174 e. The van der Waals surface area contributed by atoms with Crippen molar-refractivity contribution < 1.29 is 4.79 Å². The second kappa shape index (κ2) is 6.07. The van der Waals surface area contributed by atoms with Crippen molar-refractivity contribution in [2.24, 2.45) is 5.10 Å². The molecular formula is C11H12BrN3OS. The number of carbonyl (C=O) groups is 1. The van der Waals surface area contributed by atoms with Crippen molar-refractivity contribution in [2.75, 3.05) is 5.88 Å². The maximum atomic E-state index is 10.7. The summed E-state index contributed by atoms with van der Waals surface area (Å²) in [4.78, 5) is 10.7. The lowest BCUT2D eigenvalue weighted by atomic mass is 10.2. The second-order valence-electron chi connectivity index (χ2n) is 3.54. The molecule has 1 aromatic carbocycles. The molecule has 90 valence electrons. The summed E-state index contributed by atoms with van der Waals surface area (Å²) in [6.45, 7) is 0. The summed E-state index contributed by atoms with van der Waals surface area (Å²) in [7, 11) is 0. The Balaban J connectivity index is 1.77. The van der Waals surface area contributed by atoms with Crippen LogP contribution in [0, 0.1) is 0 Å². The third-order valence-electron chi connectivity index (χ3n) is 2.31. The number of halogens is 1. The highest BCUT2D eigenvalue weighted by Crippen LogP contribution is 2.17. The van der Waals surface area contributed by atoms with Crippen LogP contribution in [0.1, 0.15) is 5.56 Å². The number of carbonyl (C=O) groups excluding carboxylic acids is 1. The predicted octanol–water partition coefficient (Wildman–Crippen LogP) is 2.01. The lowest BCUT2D eigenvalue weighted by Crippen LogP contribution is -2.37. The van der Waals surface area contributed by atoms with Crippen molar-refractivity contribution in [2.45, 2.75) is 11.9 Å². The minimum Gasteiger partial charge on any atom is -0.348 e. The van der Waals surface area contributed by atoms with Gasteiger partial charge in [-0.3, -0.25) is 9.80 Å². The predicted molar refractivity (Wildman–Crippen MR) is 73.6 cm³/mol. The quantitative estimate of drug-likeness (QED) is 0.845. The lowest BCUT2D eigenvalue weighted by Gasteiger charge is -2.17. The first-order valence-corrected chi connectivity index (χ1v) is 7.07. The Morgan fingerprint density at radius 1 is 1.47 bits per heavy atom. The molecule has 0 amide bonds. The molecule has 1 aliphatic rings. The standard InChI is InChI=1S/C11H12BrN3OS/c12-10-3-1-9(2-4-10)6-17-8-15-11(5-16)13-7-14-15/h1-5,7,11H,6,8H2,(H,13,14). The molecule has 1 heterocycles. The smallest absolute Gasteiger partial charge is 0.174 e. The van der Waals surface area contributed by atoms with Gasteiger partial charge in [-0.15, -0.1) is 11.8 Å². The van der Waals surface area contributed by atoms with Crippen LogP contribution in [0.15, 0.2) is 33.8 Å². The van der Waals surface area contributed by atoms with Crippen molar-refractivity contribution >= 4 is 40.3 Å². The fourth-order valence-electron chi connectivity index (χ4n) is 1.40. The van der Waals surface area contributed by atoms with E-state index in [1.165, 1.54) is 5.56 Å². The number of hydrogen-bond donors (Lipinski definition) is 1. The van der Waals surface area contributed by atoms with Gasteiger partial charge in [0, 0.05) is 10.2 Å². The van der Waals surface area contributed by atoms with E-state index in [1.54, 1.807) is 23.1 Å². The lowest BCUT2D eigenvalue weighted by molar-refractivity contribution is -0.112. The molecule has 1 aromatic rings. The molecule has 0 bridgehead atoms. The first kappa shape index (κ1) is 12.4. The van der Waals surface area contributed by atoms with Gasteiger partial charge in [-0.1, -0.05) is 28.1 Å². The minimum atomic E-state index is -0.313. The van der Waals surface area contributed by atoms with E-state index in [9.17, 15) is 4.79 Å². The average molecular weight is 314 g/mol. The Kier molecular flexibility index (Phi) is 4.44. The molecular weight excluding hydrogens is 302 g/mol. The molecule has 1 unspecified atom stereocenters. The summed E-state index contributed by atoms with van der Waals surface area (Å²) in [5.74, 6) is 1.61. The molecule has 17 heavy (non-hydrogen) atoms. The third kappa shape index (κ3) is 3.47. The van der Waals surface area contributed by atoms with E-state index in [0.29, 0.717) is 5.88 Å². The van der Waals surface area contributed by atoms with Gasteiger partial charge in [0.1, 0.15) is 6.34 Å². The van der Waals surface area contributed by atoms with E-state index < -0.39 is 0 Å². The van der Waals surface area contributed by atoms with Crippen molar-refractivity contribution in [3.05, 3.63) is 34.3 Å². The average Bonchev–Trinajstić information content (AvgIpc) is 2.79. The molecule has 0 spiro atoms. The van der Waals surface area contributed by atoms with Crippen molar-refractivity contribution in [1.82, 2.24) is 10.3 Å². The number of nitrogens with one attached hydrogen (secondary N) is 1. The molecule has 1 atom stereocenters. The Bertz CT molecular complexity index is 410. The zero-order valence-electron chi connectivity index (χ0n) is 9.04. The van der Waals surface area contributed by atoms with Crippen LogP contribution in [0.4, 0.5) is 0 Å². The van der Waals surface area contributed by atoms with Gasteiger partial charge in [-0.2, -0.15) is 5.10 Å². The van der Waals surface area contributed by atoms with Gasteiger partial charge in [0.2, 0.25) is 0 Å². The molecule has 2 rings (SSSR count). The zero-order valence-corrected chi connectivity index (χ0v) is 11.4. The normalized spacial score (nSPS) is 18.2. The Hall–Kier alpha value is -1.01. The van der Waals surface area contributed by atoms with E-state index in [2.05, 4.69) is 38.5 Å². The number of rotatable bonds is 5. The van der Waals surface area contributed by atoms with E-state index in [4.69, 9.17) is 0 Å². The van der Waals surface area contributed by atoms with Crippen LogP contribution in [-0.4, -0.2) is 29.7 Å². The highest BCUT2D eigenvalue weighted by Gasteiger charge is 2.18. The highest BCUT2D eigenvalue weighted by atomic mass is 79.9. The molecule has 6 heteroatoms. The molecule has 0 fully saturated rings. The van der Waals surface area contributed by atoms with Gasteiger partial charge < -0.3 is 5.32 Å². The van der Waals surface area contributed by atoms with Crippen LogP contribution in [0.25, 0.3) is 0 Å². The fourth-order valence-corrected chi connectivity index (χ4v) is 2.60. The van der Waals surface area contributed by atoms with E-state index in [-0.39, 0.29) is 6.17 Å². The summed E-state index contributed by atoms with van der Waals surface area (Å²) in [5, 5.41) is 8.66. The number of nitrogens with zero attached hydrogens (tertiary/aromatic N) is 2. The summed E-state index contributed by atoms with van der Waals surface area (Å²) in [5.41, 5.74) is 1.26. The molecule has 0 saturated carbocycles. The minimum absolute atomic E-state index is 0.313. The van der Waals surface area contributed by atoms with Gasteiger partial charge in [0.05, 0.1) is 5.88 Å². The van der Waals surface area contributed by atoms with Crippen LogP contribution >= 0.6 is 27.7 Å². The van der Waals surface area contributed by atoms with Crippen LogP contribution in [0.5, 0.6) is 0 Å².